The molecular formula is C17H26O3. The smallest absolute Gasteiger partial charge is 0.308 e. The van der Waals surface area contributed by atoms with E-state index >= 15 is 0 Å². The Labute approximate surface area is 122 Å². The molecule has 1 aromatic rings. The van der Waals surface area contributed by atoms with E-state index in [9.17, 15) is 4.79 Å². The van der Waals surface area contributed by atoms with Gasteiger partial charge in [0.1, 0.15) is 18.5 Å². The first kappa shape index (κ1) is 16.5. The van der Waals surface area contributed by atoms with E-state index in [1.807, 2.05) is 32.9 Å². The molecule has 0 N–H and O–H groups in total. The maximum atomic E-state index is 11.4. The molecule has 3 heteroatoms. The number of ether oxygens (including phenoxy) is 2. The summed E-state index contributed by atoms with van der Waals surface area (Å²) in [5.74, 6) is 1.08. The Morgan fingerprint density at radius 2 is 1.70 bits per heavy atom. The van der Waals surface area contributed by atoms with E-state index in [4.69, 9.17) is 9.47 Å². The van der Waals surface area contributed by atoms with Gasteiger partial charge in [-0.2, -0.15) is 0 Å². The first-order valence-corrected chi connectivity index (χ1v) is 7.37. The quantitative estimate of drug-likeness (QED) is 0.702. The predicted octanol–water partition coefficient (Wildman–Crippen LogP) is 4.17. The highest BCUT2D eigenvalue weighted by atomic mass is 16.6. The summed E-state index contributed by atoms with van der Waals surface area (Å²) in [6, 6.07) is 8.12. The van der Waals surface area contributed by atoms with Crippen LogP contribution in [0.2, 0.25) is 0 Å². The van der Waals surface area contributed by atoms with Crippen LogP contribution in [0.15, 0.2) is 24.3 Å². The van der Waals surface area contributed by atoms with Crippen molar-refractivity contribution in [3.8, 4) is 5.75 Å². The lowest BCUT2D eigenvalue weighted by Crippen LogP contribution is -2.24. The van der Waals surface area contributed by atoms with Gasteiger partial charge in [0.25, 0.3) is 0 Å². The molecule has 0 unspecified atom stereocenters. The number of benzene rings is 1. The van der Waals surface area contributed by atoms with Crippen molar-refractivity contribution in [2.45, 2.75) is 53.1 Å². The number of carbonyl (C=O) groups excluding carboxylic acids is 1. The number of hydrogen-bond donors (Lipinski definition) is 0. The lowest BCUT2D eigenvalue weighted by atomic mass is 9.99. The molecule has 3 nitrogen and oxygen atoms in total. The molecule has 0 aliphatic heterocycles. The third kappa shape index (κ3) is 5.24. The average Bonchev–Trinajstić information content (AvgIpc) is 2.44. The van der Waals surface area contributed by atoms with E-state index < -0.39 is 0 Å². The van der Waals surface area contributed by atoms with Crippen LogP contribution in [0, 0.1) is 5.92 Å². The van der Waals surface area contributed by atoms with E-state index in [-0.39, 0.29) is 18.0 Å². The van der Waals surface area contributed by atoms with Gasteiger partial charge in [-0.3, -0.25) is 4.79 Å². The summed E-state index contributed by atoms with van der Waals surface area (Å²) in [5, 5.41) is 0. The van der Waals surface area contributed by atoms with Crippen LogP contribution >= 0.6 is 0 Å². The fraction of sp³-hybridized carbons (Fsp3) is 0.588. The molecule has 1 rings (SSSR count). The highest BCUT2D eigenvalue weighted by Crippen LogP contribution is 2.21. The van der Waals surface area contributed by atoms with Gasteiger partial charge in [-0.25, -0.2) is 0 Å². The van der Waals surface area contributed by atoms with Crippen LogP contribution in [0.3, 0.4) is 0 Å². The first-order valence-electron chi connectivity index (χ1n) is 7.37. The van der Waals surface area contributed by atoms with Gasteiger partial charge in [-0.15, -0.1) is 0 Å². The Morgan fingerprint density at radius 3 is 2.20 bits per heavy atom. The highest BCUT2D eigenvalue weighted by Gasteiger charge is 2.13. The third-order valence-electron chi connectivity index (χ3n) is 3.33. The van der Waals surface area contributed by atoms with E-state index in [1.54, 1.807) is 0 Å². The van der Waals surface area contributed by atoms with E-state index in [2.05, 4.69) is 26.0 Å². The van der Waals surface area contributed by atoms with Gasteiger partial charge in [0, 0.05) is 0 Å². The zero-order valence-electron chi connectivity index (χ0n) is 13.2. The fourth-order valence-corrected chi connectivity index (χ4v) is 1.71. The summed E-state index contributed by atoms with van der Waals surface area (Å²) < 4.78 is 10.9. The van der Waals surface area contributed by atoms with Crippen molar-refractivity contribution in [3.63, 3.8) is 0 Å². The molecule has 112 valence electrons. The number of rotatable bonds is 7. The van der Waals surface area contributed by atoms with Gasteiger partial charge >= 0.3 is 5.97 Å². The summed E-state index contributed by atoms with van der Waals surface area (Å²) in [4.78, 5) is 11.4. The molecule has 0 spiro atoms. The van der Waals surface area contributed by atoms with E-state index in [1.165, 1.54) is 5.56 Å². The Bertz CT molecular complexity index is 409. The molecule has 1 aromatic carbocycles. The van der Waals surface area contributed by atoms with Gasteiger partial charge < -0.3 is 9.47 Å². The van der Waals surface area contributed by atoms with Crippen LogP contribution < -0.4 is 4.74 Å². The van der Waals surface area contributed by atoms with E-state index in [0.29, 0.717) is 12.5 Å². The molecule has 0 amide bonds. The van der Waals surface area contributed by atoms with Crippen LogP contribution in [-0.4, -0.2) is 18.7 Å². The molecule has 0 radical (unpaired) electrons. The van der Waals surface area contributed by atoms with Gasteiger partial charge in [0.2, 0.25) is 0 Å². The maximum Gasteiger partial charge on any atom is 0.308 e. The van der Waals surface area contributed by atoms with Crippen molar-refractivity contribution in [1.82, 2.24) is 0 Å². The van der Waals surface area contributed by atoms with Crippen molar-refractivity contribution in [3.05, 3.63) is 29.8 Å². The van der Waals surface area contributed by atoms with Gasteiger partial charge in [0.05, 0.1) is 5.92 Å². The first-order chi connectivity index (χ1) is 9.43. The zero-order chi connectivity index (χ0) is 15.1. The minimum Gasteiger partial charge on any atom is -0.490 e. The number of hydrogen-bond acceptors (Lipinski definition) is 3. The molecule has 20 heavy (non-hydrogen) atoms. The fourth-order valence-electron chi connectivity index (χ4n) is 1.71. The van der Waals surface area contributed by atoms with Crippen molar-refractivity contribution in [1.29, 1.82) is 0 Å². The second-order valence-corrected chi connectivity index (χ2v) is 5.59. The molecule has 0 bridgehead atoms. The molecule has 0 aromatic heterocycles. The number of esters is 1. The molecule has 0 aliphatic carbocycles. The van der Waals surface area contributed by atoms with Crippen molar-refractivity contribution in [2.24, 2.45) is 5.92 Å². The van der Waals surface area contributed by atoms with Crippen LogP contribution in [0.1, 0.15) is 52.5 Å². The summed E-state index contributed by atoms with van der Waals surface area (Å²) in [7, 11) is 0. The molecule has 0 heterocycles. The molecule has 2 atom stereocenters. The van der Waals surface area contributed by atoms with Crippen molar-refractivity contribution >= 4 is 5.97 Å². The standard InChI is InChI=1S/C17H26O3/c1-6-13(4)15-7-9-16(10-8-15)19-11-14(5)20-17(18)12(2)3/h7-10,12-14H,6,11H2,1-5H3/t13-,14+/m0/s1. The van der Waals surface area contributed by atoms with E-state index in [0.717, 1.165) is 12.2 Å². The van der Waals surface area contributed by atoms with Gasteiger partial charge in [-0.05, 0) is 37.0 Å². The predicted molar refractivity (Wildman–Crippen MR) is 81.0 cm³/mol. The minimum absolute atomic E-state index is 0.104. The molecule has 0 fully saturated rings. The van der Waals surface area contributed by atoms with Crippen LogP contribution in [0.4, 0.5) is 0 Å². The van der Waals surface area contributed by atoms with Crippen LogP contribution in [-0.2, 0) is 9.53 Å². The lowest BCUT2D eigenvalue weighted by Gasteiger charge is -2.16. The highest BCUT2D eigenvalue weighted by molar-refractivity contribution is 5.71. The Morgan fingerprint density at radius 1 is 1.10 bits per heavy atom. The average molecular weight is 278 g/mol. The van der Waals surface area contributed by atoms with Crippen LogP contribution in [0.5, 0.6) is 5.75 Å². The second kappa shape index (κ2) is 7.93. The Balaban J connectivity index is 2.43. The van der Waals surface area contributed by atoms with Crippen molar-refractivity contribution in [2.75, 3.05) is 6.61 Å². The summed E-state index contributed by atoms with van der Waals surface area (Å²) in [5.41, 5.74) is 1.32. The lowest BCUT2D eigenvalue weighted by molar-refractivity contribution is -0.153. The molecular weight excluding hydrogens is 252 g/mol. The molecule has 0 aliphatic rings. The topological polar surface area (TPSA) is 35.5 Å². The monoisotopic (exact) mass is 278 g/mol. The SMILES string of the molecule is CC[C@H](C)c1ccc(OC[C@@H](C)OC(=O)C(C)C)cc1. The Kier molecular flexibility index (Phi) is 6.56. The summed E-state index contributed by atoms with van der Waals surface area (Å²) >= 11 is 0. The normalized spacial score (nSPS) is 13.9. The maximum absolute atomic E-state index is 11.4. The van der Waals surface area contributed by atoms with Gasteiger partial charge in [-0.1, -0.05) is 39.8 Å². The number of carbonyl (C=O) groups is 1. The zero-order valence-corrected chi connectivity index (χ0v) is 13.2. The second-order valence-electron chi connectivity index (χ2n) is 5.59. The largest absolute Gasteiger partial charge is 0.490 e. The summed E-state index contributed by atoms with van der Waals surface area (Å²) in [6.07, 6.45) is 0.890. The third-order valence-corrected chi connectivity index (χ3v) is 3.33. The minimum atomic E-state index is -0.237. The van der Waals surface area contributed by atoms with Crippen LogP contribution in [0.25, 0.3) is 0 Å². The Hall–Kier alpha value is -1.51. The molecule has 0 saturated heterocycles. The van der Waals surface area contributed by atoms with Gasteiger partial charge in [0.15, 0.2) is 0 Å². The molecule has 0 saturated carbocycles. The summed E-state index contributed by atoms with van der Waals surface area (Å²) in [6.45, 7) is 10.3. The van der Waals surface area contributed by atoms with Crippen molar-refractivity contribution < 1.29 is 14.3 Å².